The minimum atomic E-state index is -0.693. The first kappa shape index (κ1) is 15.8. The number of unbranched alkanes of at least 4 members (excludes halogenated alkanes) is 1. The fourth-order valence-electron chi connectivity index (χ4n) is 1.21. The van der Waals surface area contributed by atoms with Crippen molar-refractivity contribution in [2.45, 2.75) is 33.1 Å². The molecule has 0 bridgehead atoms. The van der Waals surface area contributed by atoms with Crippen LogP contribution in [0.1, 0.15) is 33.1 Å². The zero-order valence-corrected chi connectivity index (χ0v) is 11.2. The molecule has 6 heteroatoms. The molecule has 0 aromatic heterocycles. The lowest BCUT2D eigenvalue weighted by molar-refractivity contribution is -0.139. The second kappa shape index (κ2) is 8.92. The minimum absolute atomic E-state index is 0.0505. The van der Waals surface area contributed by atoms with Crippen LogP contribution in [-0.2, 0) is 9.59 Å². The number of nitrogens with one attached hydrogen (secondary N) is 2. The molecule has 0 aliphatic rings. The van der Waals surface area contributed by atoms with Crippen LogP contribution < -0.4 is 16.4 Å². The molecule has 98 valence electrons. The van der Waals surface area contributed by atoms with Crippen molar-refractivity contribution in [2.75, 3.05) is 13.1 Å². The summed E-state index contributed by atoms with van der Waals surface area (Å²) in [4.78, 5) is 22.6. The average molecular weight is 259 g/mol. The maximum Gasteiger partial charge on any atom is 0.309 e. The molecule has 0 saturated carbocycles. The first-order valence-electron chi connectivity index (χ1n) is 5.77. The lowest BCUT2D eigenvalue weighted by Gasteiger charge is -2.06. The highest BCUT2D eigenvalue weighted by Gasteiger charge is 2.11. The van der Waals surface area contributed by atoms with Crippen LogP contribution in [0.15, 0.2) is 0 Å². The molecule has 0 radical (unpaired) electrons. The van der Waals surface area contributed by atoms with Crippen LogP contribution in [0.25, 0.3) is 0 Å². The van der Waals surface area contributed by atoms with Crippen LogP contribution >= 0.6 is 12.2 Å². The Morgan fingerprint density at radius 3 is 2.29 bits per heavy atom. The van der Waals surface area contributed by atoms with E-state index < -0.39 is 11.8 Å². The summed E-state index contributed by atoms with van der Waals surface area (Å²) in [6, 6.07) is 0. The van der Waals surface area contributed by atoms with Crippen molar-refractivity contribution < 1.29 is 9.59 Å². The van der Waals surface area contributed by atoms with Gasteiger partial charge in [0.1, 0.15) is 0 Å². The predicted octanol–water partition coefficient (Wildman–Crippen LogP) is 0.331. The summed E-state index contributed by atoms with van der Waals surface area (Å²) in [6.07, 6.45) is 3.06. The second-order valence-corrected chi connectivity index (χ2v) is 4.82. The van der Waals surface area contributed by atoms with Crippen molar-refractivity contribution in [1.82, 2.24) is 10.6 Å². The summed E-state index contributed by atoms with van der Waals surface area (Å²) in [7, 11) is 0. The monoisotopic (exact) mass is 259 g/mol. The van der Waals surface area contributed by atoms with E-state index in [4.69, 9.17) is 5.73 Å². The minimum Gasteiger partial charge on any atom is -0.392 e. The molecule has 0 unspecified atom stereocenters. The highest BCUT2D eigenvalue weighted by Crippen LogP contribution is 2.04. The molecule has 5 nitrogen and oxygen atoms in total. The van der Waals surface area contributed by atoms with Gasteiger partial charge >= 0.3 is 11.8 Å². The molecular formula is C11H21N3O2S. The summed E-state index contributed by atoms with van der Waals surface area (Å²) < 4.78 is 0. The molecular weight excluding hydrogens is 238 g/mol. The van der Waals surface area contributed by atoms with Gasteiger partial charge in [-0.3, -0.25) is 9.59 Å². The molecule has 0 rings (SSSR count). The standard InChI is InChI=1S/C11H21N3O2S/c1-8(2)5-3-4-6-13-10(15)11(16)14-7-9(12)17/h8H,3-7H2,1-2H3,(H2,12,17)(H,13,15)(H,14,16). The van der Waals surface area contributed by atoms with E-state index in [1.165, 1.54) is 0 Å². The van der Waals surface area contributed by atoms with Gasteiger partial charge in [-0.25, -0.2) is 0 Å². The van der Waals surface area contributed by atoms with Gasteiger partial charge < -0.3 is 16.4 Å². The van der Waals surface area contributed by atoms with Gasteiger partial charge in [0.15, 0.2) is 0 Å². The van der Waals surface area contributed by atoms with E-state index >= 15 is 0 Å². The fraction of sp³-hybridized carbons (Fsp3) is 0.727. The quantitative estimate of drug-likeness (QED) is 0.349. The van der Waals surface area contributed by atoms with Gasteiger partial charge in [0.05, 0.1) is 11.5 Å². The molecule has 0 aliphatic carbocycles. The van der Waals surface area contributed by atoms with E-state index in [0.717, 1.165) is 19.3 Å². The third-order valence-electron chi connectivity index (χ3n) is 2.12. The Labute approximate surface area is 108 Å². The normalized spacial score (nSPS) is 10.1. The number of nitrogens with two attached hydrogens (primary N) is 1. The molecule has 0 fully saturated rings. The zero-order valence-electron chi connectivity index (χ0n) is 10.4. The number of hydrogen-bond acceptors (Lipinski definition) is 3. The van der Waals surface area contributed by atoms with Crippen LogP contribution in [0.3, 0.4) is 0 Å². The van der Waals surface area contributed by atoms with Gasteiger partial charge in [-0.1, -0.05) is 38.9 Å². The van der Waals surface area contributed by atoms with Crippen molar-refractivity contribution in [3.8, 4) is 0 Å². The van der Waals surface area contributed by atoms with Crippen molar-refractivity contribution in [3.63, 3.8) is 0 Å². The van der Waals surface area contributed by atoms with E-state index in [9.17, 15) is 9.59 Å². The van der Waals surface area contributed by atoms with Gasteiger partial charge in [0.25, 0.3) is 0 Å². The summed E-state index contributed by atoms with van der Waals surface area (Å²) in [5.41, 5.74) is 5.19. The second-order valence-electron chi connectivity index (χ2n) is 4.29. The van der Waals surface area contributed by atoms with E-state index in [1.807, 2.05) is 0 Å². The SMILES string of the molecule is CC(C)CCCCNC(=O)C(=O)NCC(N)=S. The Balaban J connectivity index is 3.57. The van der Waals surface area contributed by atoms with E-state index in [1.54, 1.807) is 0 Å². The van der Waals surface area contributed by atoms with Crippen LogP contribution in [0.4, 0.5) is 0 Å². The van der Waals surface area contributed by atoms with Gasteiger partial charge in [0, 0.05) is 6.54 Å². The number of amides is 2. The molecule has 2 amide bonds. The molecule has 0 atom stereocenters. The van der Waals surface area contributed by atoms with E-state index in [2.05, 4.69) is 36.7 Å². The number of thiocarbonyl (C=S) groups is 1. The molecule has 0 saturated heterocycles. The number of carbonyl (C=O) groups excluding carboxylic acids is 2. The van der Waals surface area contributed by atoms with Gasteiger partial charge in [0.2, 0.25) is 0 Å². The Morgan fingerprint density at radius 1 is 1.18 bits per heavy atom. The Kier molecular flexibility index (Phi) is 8.31. The lowest BCUT2D eigenvalue weighted by atomic mass is 10.1. The predicted molar refractivity (Wildman–Crippen MR) is 71.5 cm³/mol. The molecule has 17 heavy (non-hydrogen) atoms. The number of rotatable bonds is 7. The van der Waals surface area contributed by atoms with Crippen LogP contribution in [0, 0.1) is 5.92 Å². The first-order valence-corrected chi connectivity index (χ1v) is 6.18. The van der Waals surface area contributed by atoms with Gasteiger partial charge in [-0.05, 0) is 12.3 Å². The van der Waals surface area contributed by atoms with Crippen molar-refractivity contribution in [3.05, 3.63) is 0 Å². The third kappa shape index (κ3) is 9.74. The maximum atomic E-state index is 11.2. The van der Waals surface area contributed by atoms with Crippen molar-refractivity contribution >= 4 is 29.0 Å². The van der Waals surface area contributed by atoms with Crippen LogP contribution in [0.5, 0.6) is 0 Å². The average Bonchev–Trinajstić information content (AvgIpc) is 2.24. The largest absolute Gasteiger partial charge is 0.392 e. The fourth-order valence-corrected chi connectivity index (χ4v) is 1.28. The Morgan fingerprint density at radius 2 is 1.76 bits per heavy atom. The molecule has 4 N–H and O–H groups in total. The third-order valence-corrected chi connectivity index (χ3v) is 2.27. The molecule has 0 heterocycles. The van der Waals surface area contributed by atoms with Crippen molar-refractivity contribution in [1.29, 1.82) is 0 Å². The van der Waals surface area contributed by atoms with Gasteiger partial charge in [-0.15, -0.1) is 0 Å². The van der Waals surface area contributed by atoms with Crippen molar-refractivity contribution in [2.24, 2.45) is 11.7 Å². The maximum absolute atomic E-state index is 11.2. The lowest BCUT2D eigenvalue weighted by Crippen LogP contribution is -2.43. The number of carbonyl (C=O) groups is 2. The Hall–Kier alpha value is -1.17. The Bertz CT molecular complexity index is 280. The highest BCUT2D eigenvalue weighted by molar-refractivity contribution is 7.80. The first-order chi connectivity index (χ1) is 7.93. The molecule has 0 aromatic rings. The van der Waals surface area contributed by atoms with Gasteiger partial charge in [-0.2, -0.15) is 0 Å². The molecule has 0 aromatic carbocycles. The van der Waals surface area contributed by atoms with E-state index in [0.29, 0.717) is 12.5 Å². The summed E-state index contributed by atoms with van der Waals surface area (Å²) in [5, 5.41) is 4.87. The molecule has 0 aliphatic heterocycles. The highest BCUT2D eigenvalue weighted by atomic mass is 32.1. The van der Waals surface area contributed by atoms with Crippen LogP contribution in [0.2, 0.25) is 0 Å². The van der Waals surface area contributed by atoms with Crippen LogP contribution in [-0.4, -0.2) is 29.9 Å². The zero-order chi connectivity index (χ0) is 13.3. The van der Waals surface area contributed by atoms with E-state index in [-0.39, 0.29) is 11.5 Å². The topological polar surface area (TPSA) is 84.2 Å². The summed E-state index contributed by atoms with van der Waals surface area (Å²) in [6.45, 7) is 4.88. The molecule has 0 spiro atoms. The smallest absolute Gasteiger partial charge is 0.309 e. The number of hydrogen-bond donors (Lipinski definition) is 3. The summed E-state index contributed by atoms with van der Waals surface area (Å²) >= 11 is 4.58. The summed E-state index contributed by atoms with van der Waals surface area (Å²) in [5.74, 6) is -0.660.